The van der Waals surface area contributed by atoms with Gasteiger partial charge in [0.05, 0.1) is 0 Å². The first-order valence-corrected chi connectivity index (χ1v) is 7.74. The van der Waals surface area contributed by atoms with Gasteiger partial charge in [0.1, 0.15) is 5.75 Å². The van der Waals surface area contributed by atoms with E-state index in [0.29, 0.717) is 5.92 Å². The number of hydrogen-bond donors (Lipinski definition) is 0. The lowest BCUT2D eigenvalue weighted by Gasteiger charge is -2.17. The lowest BCUT2D eigenvalue weighted by atomic mass is 9.99. The zero-order valence-corrected chi connectivity index (χ0v) is 12.9. The molecule has 1 atom stereocenters. The summed E-state index contributed by atoms with van der Waals surface area (Å²) in [5.74, 6) is 1.27. The summed E-state index contributed by atoms with van der Waals surface area (Å²) in [5, 5.41) is 0. The second-order valence-electron chi connectivity index (χ2n) is 5.84. The maximum Gasteiger partial charge on any atom is 0.260 e. The summed E-state index contributed by atoms with van der Waals surface area (Å²) in [5.41, 5.74) is 2.45. The van der Waals surface area contributed by atoms with Crippen LogP contribution in [0.3, 0.4) is 0 Å². The van der Waals surface area contributed by atoms with Crippen LogP contribution >= 0.6 is 0 Å². The largest absolute Gasteiger partial charge is 0.484 e. The third-order valence-corrected chi connectivity index (χ3v) is 4.16. The lowest BCUT2D eigenvalue weighted by molar-refractivity contribution is -0.132. The van der Waals surface area contributed by atoms with E-state index < -0.39 is 0 Å². The van der Waals surface area contributed by atoms with Crippen LogP contribution in [-0.4, -0.2) is 30.5 Å². The molecule has 1 aliphatic heterocycles. The van der Waals surface area contributed by atoms with E-state index in [0.717, 1.165) is 30.8 Å². The summed E-state index contributed by atoms with van der Waals surface area (Å²) in [4.78, 5) is 14.2. The van der Waals surface area contributed by atoms with E-state index in [4.69, 9.17) is 4.74 Å². The SMILES string of the molecule is Cc1cccc(OCC(=O)N2CC[C@@H](c3ccccc3)C2)c1. The summed E-state index contributed by atoms with van der Waals surface area (Å²) in [6.45, 7) is 3.74. The monoisotopic (exact) mass is 295 g/mol. The van der Waals surface area contributed by atoms with E-state index >= 15 is 0 Å². The molecule has 2 aromatic rings. The van der Waals surface area contributed by atoms with E-state index in [9.17, 15) is 4.79 Å². The Morgan fingerprint density at radius 3 is 2.77 bits per heavy atom. The molecule has 0 radical (unpaired) electrons. The molecule has 0 aliphatic carbocycles. The van der Waals surface area contributed by atoms with Crippen molar-refractivity contribution in [3.05, 3.63) is 65.7 Å². The minimum Gasteiger partial charge on any atom is -0.484 e. The highest BCUT2D eigenvalue weighted by Crippen LogP contribution is 2.27. The van der Waals surface area contributed by atoms with Crippen LogP contribution in [0.4, 0.5) is 0 Å². The first-order chi connectivity index (χ1) is 10.7. The van der Waals surface area contributed by atoms with Gasteiger partial charge in [-0.25, -0.2) is 0 Å². The van der Waals surface area contributed by atoms with Crippen molar-refractivity contribution in [1.29, 1.82) is 0 Å². The molecule has 0 aromatic heterocycles. The average molecular weight is 295 g/mol. The Labute approximate surface area is 131 Å². The predicted octanol–water partition coefficient (Wildman–Crippen LogP) is 3.39. The van der Waals surface area contributed by atoms with Crippen molar-refractivity contribution in [2.45, 2.75) is 19.3 Å². The summed E-state index contributed by atoms with van der Waals surface area (Å²) in [7, 11) is 0. The van der Waals surface area contributed by atoms with Crippen LogP contribution < -0.4 is 4.74 Å². The Balaban J connectivity index is 1.53. The predicted molar refractivity (Wildman–Crippen MR) is 87.1 cm³/mol. The maximum absolute atomic E-state index is 12.3. The molecule has 3 heteroatoms. The summed E-state index contributed by atoms with van der Waals surface area (Å²) in [6.07, 6.45) is 1.03. The van der Waals surface area contributed by atoms with Crippen molar-refractivity contribution in [1.82, 2.24) is 4.90 Å². The second-order valence-corrected chi connectivity index (χ2v) is 5.84. The van der Waals surface area contributed by atoms with Gasteiger partial charge in [-0.05, 0) is 36.6 Å². The number of likely N-dealkylation sites (tertiary alicyclic amines) is 1. The fourth-order valence-corrected chi connectivity index (χ4v) is 2.93. The second kappa shape index (κ2) is 6.65. The van der Waals surface area contributed by atoms with E-state index in [1.54, 1.807) is 0 Å². The van der Waals surface area contributed by atoms with Crippen LogP contribution in [0, 0.1) is 6.92 Å². The van der Waals surface area contributed by atoms with Gasteiger partial charge < -0.3 is 9.64 Å². The summed E-state index contributed by atoms with van der Waals surface area (Å²) < 4.78 is 5.61. The standard InChI is InChI=1S/C19H21NO2/c1-15-6-5-9-18(12-15)22-14-19(21)20-11-10-17(13-20)16-7-3-2-4-8-16/h2-9,12,17H,10-11,13-14H2,1H3/t17-/m1/s1. The molecular formula is C19H21NO2. The van der Waals surface area contributed by atoms with Gasteiger partial charge in [0.2, 0.25) is 0 Å². The minimum atomic E-state index is 0.0694. The van der Waals surface area contributed by atoms with Gasteiger partial charge in [0.15, 0.2) is 6.61 Å². The Bertz CT molecular complexity index is 639. The van der Waals surface area contributed by atoms with Gasteiger partial charge in [-0.15, -0.1) is 0 Å². The number of hydrogen-bond acceptors (Lipinski definition) is 2. The van der Waals surface area contributed by atoms with E-state index in [1.807, 2.05) is 42.2 Å². The van der Waals surface area contributed by atoms with Crippen LogP contribution in [0.5, 0.6) is 5.75 Å². The molecule has 1 saturated heterocycles. The molecule has 0 bridgehead atoms. The summed E-state index contributed by atoms with van der Waals surface area (Å²) in [6, 6.07) is 18.2. The highest BCUT2D eigenvalue weighted by Gasteiger charge is 2.27. The number of carbonyl (C=O) groups is 1. The quantitative estimate of drug-likeness (QED) is 0.865. The molecular weight excluding hydrogens is 274 g/mol. The fraction of sp³-hybridized carbons (Fsp3) is 0.316. The molecule has 0 N–H and O–H groups in total. The topological polar surface area (TPSA) is 29.5 Å². The van der Waals surface area contributed by atoms with Crippen molar-refractivity contribution < 1.29 is 9.53 Å². The zero-order chi connectivity index (χ0) is 15.4. The third-order valence-electron chi connectivity index (χ3n) is 4.16. The number of carbonyl (C=O) groups excluding carboxylic acids is 1. The van der Waals surface area contributed by atoms with Gasteiger partial charge in [-0.3, -0.25) is 4.79 Å². The molecule has 3 rings (SSSR count). The van der Waals surface area contributed by atoms with Crippen molar-refractivity contribution in [3.63, 3.8) is 0 Å². The molecule has 2 aromatic carbocycles. The summed E-state index contributed by atoms with van der Waals surface area (Å²) >= 11 is 0. The van der Waals surface area contributed by atoms with Crippen molar-refractivity contribution >= 4 is 5.91 Å². The third kappa shape index (κ3) is 3.48. The zero-order valence-electron chi connectivity index (χ0n) is 12.9. The smallest absolute Gasteiger partial charge is 0.260 e. The van der Waals surface area contributed by atoms with Gasteiger partial charge >= 0.3 is 0 Å². The number of benzene rings is 2. The molecule has 1 aliphatic rings. The van der Waals surface area contributed by atoms with Gasteiger partial charge in [-0.2, -0.15) is 0 Å². The average Bonchev–Trinajstić information content (AvgIpc) is 3.04. The lowest BCUT2D eigenvalue weighted by Crippen LogP contribution is -2.32. The Morgan fingerprint density at radius 1 is 1.18 bits per heavy atom. The van der Waals surface area contributed by atoms with E-state index in [-0.39, 0.29) is 12.5 Å². The minimum absolute atomic E-state index is 0.0694. The number of amides is 1. The number of ether oxygens (including phenoxy) is 1. The molecule has 0 saturated carbocycles. The maximum atomic E-state index is 12.3. The molecule has 1 amide bonds. The Morgan fingerprint density at radius 2 is 2.00 bits per heavy atom. The molecule has 22 heavy (non-hydrogen) atoms. The van der Waals surface area contributed by atoms with E-state index in [1.165, 1.54) is 5.56 Å². The van der Waals surface area contributed by atoms with Gasteiger partial charge in [0.25, 0.3) is 5.91 Å². The first kappa shape index (κ1) is 14.6. The highest BCUT2D eigenvalue weighted by atomic mass is 16.5. The van der Waals surface area contributed by atoms with Crippen LogP contribution in [0.1, 0.15) is 23.5 Å². The molecule has 3 nitrogen and oxygen atoms in total. The van der Waals surface area contributed by atoms with Crippen molar-refractivity contribution in [2.75, 3.05) is 19.7 Å². The van der Waals surface area contributed by atoms with Gasteiger partial charge in [-0.1, -0.05) is 42.5 Å². The number of rotatable bonds is 4. The Kier molecular flexibility index (Phi) is 4.42. The first-order valence-electron chi connectivity index (χ1n) is 7.74. The van der Waals surface area contributed by atoms with Crippen LogP contribution in [0.2, 0.25) is 0 Å². The highest BCUT2D eigenvalue weighted by molar-refractivity contribution is 5.78. The van der Waals surface area contributed by atoms with E-state index in [2.05, 4.69) is 24.3 Å². The normalized spacial score (nSPS) is 17.5. The number of aryl methyl sites for hydroxylation is 1. The Hall–Kier alpha value is -2.29. The van der Waals surface area contributed by atoms with Crippen molar-refractivity contribution in [3.8, 4) is 5.75 Å². The fourth-order valence-electron chi connectivity index (χ4n) is 2.93. The van der Waals surface area contributed by atoms with Crippen LogP contribution in [0.15, 0.2) is 54.6 Å². The van der Waals surface area contributed by atoms with Crippen LogP contribution in [0.25, 0.3) is 0 Å². The number of nitrogens with zero attached hydrogens (tertiary/aromatic N) is 1. The van der Waals surface area contributed by atoms with Gasteiger partial charge in [0, 0.05) is 19.0 Å². The molecule has 1 fully saturated rings. The molecule has 114 valence electrons. The van der Waals surface area contributed by atoms with Crippen molar-refractivity contribution in [2.24, 2.45) is 0 Å². The molecule has 1 heterocycles. The molecule has 0 spiro atoms. The van der Waals surface area contributed by atoms with Crippen LogP contribution in [-0.2, 0) is 4.79 Å². The molecule has 0 unspecified atom stereocenters.